The molecule has 21 heavy (non-hydrogen) atoms. The van der Waals surface area contributed by atoms with Crippen molar-refractivity contribution in [1.29, 1.82) is 0 Å². The van der Waals surface area contributed by atoms with Crippen molar-refractivity contribution in [2.45, 2.75) is 40.0 Å². The van der Waals surface area contributed by atoms with E-state index >= 15 is 0 Å². The predicted molar refractivity (Wildman–Crippen MR) is 82.8 cm³/mol. The zero-order valence-corrected chi connectivity index (χ0v) is 13.1. The Morgan fingerprint density at radius 3 is 2.67 bits per heavy atom. The number of amides is 1. The Balaban J connectivity index is 3.20. The fourth-order valence-electron chi connectivity index (χ4n) is 1.98. The second-order valence-corrected chi connectivity index (χ2v) is 4.80. The molecule has 0 bridgehead atoms. The minimum Gasteiger partial charge on any atom is -0.494 e. The minimum atomic E-state index is -0.453. The van der Waals surface area contributed by atoms with Crippen molar-refractivity contribution in [2.75, 3.05) is 13.7 Å². The molecule has 0 unspecified atom stereocenters. The maximum atomic E-state index is 13.8. The van der Waals surface area contributed by atoms with Gasteiger partial charge in [-0.15, -0.1) is 0 Å². The topological polar surface area (TPSA) is 41.9 Å². The zero-order valence-electron chi connectivity index (χ0n) is 13.1. The van der Waals surface area contributed by atoms with E-state index in [1.807, 2.05) is 13.8 Å². The minimum absolute atomic E-state index is 0.198. The molecule has 0 saturated carbocycles. The van der Waals surface area contributed by atoms with Gasteiger partial charge in [-0.05, 0) is 31.9 Å². The van der Waals surface area contributed by atoms with E-state index < -0.39 is 5.82 Å². The molecule has 0 aromatic heterocycles. The molecule has 1 aromatic carbocycles. The van der Waals surface area contributed by atoms with Crippen LogP contribution in [0.3, 0.4) is 0 Å². The van der Waals surface area contributed by atoms with E-state index in [1.165, 1.54) is 13.2 Å². The molecule has 4 nitrogen and oxygen atoms in total. The average molecular weight is 294 g/mol. The van der Waals surface area contributed by atoms with E-state index in [-0.39, 0.29) is 5.75 Å². The Hall–Kier alpha value is -1.91. The SMILES string of the molecule is CCCCC(=Nc1cc(F)c(OC)cc1C)N(C=O)CC. The third-order valence-electron chi connectivity index (χ3n) is 3.27. The number of methoxy groups -OCH3 is 1. The first-order chi connectivity index (χ1) is 10.1. The van der Waals surface area contributed by atoms with Gasteiger partial charge in [0.15, 0.2) is 11.6 Å². The molecule has 0 spiro atoms. The summed E-state index contributed by atoms with van der Waals surface area (Å²) in [6, 6.07) is 2.96. The fourth-order valence-corrected chi connectivity index (χ4v) is 1.98. The number of aliphatic imine (C=N–C) groups is 1. The van der Waals surface area contributed by atoms with Gasteiger partial charge in [0.2, 0.25) is 6.41 Å². The van der Waals surface area contributed by atoms with Crippen LogP contribution in [-0.4, -0.2) is 30.8 Å². The lowest BCUT2D eigenvalue weighted by Gasteiger charge is -2.18. The van der Waals surface area contributed by atoms with Gasteiger partial charge in [0, 0.05) is 19.0 Å². The van der Waals surface area contributed by atoms with Gasteiger partial charge in [-0.1, -0.05) is 13.3 Å². The molecule has 0 N–H and O–H groups in total. The molecule has 0 aliphatic carbocycles. The highest BCUT2D eigenvalue weighted by atomic mass is 19.1. The second-order valence-electron chi connectivity index (χ2n) is 4.80. The third-order valence-corrected chi connectivity index (χ3v) is 3.27. The van der Waals surface area contributed by atoms with Crippen molar-refractivity contribution in [3.63, 3.8) is 0 Å². The number of nitrogens with zero attached hydrogens (tertiary/aromatic N) is 2. The number of ether oxygens (including phenoxy) is 1. The zero-order chi connectivity index (χ0) is 15.8. The van der Waals surface area contributed by atoms with Crippen molar-refractivity contribution in [3.8, 4) is 5.75 Å². The number of halogens is 1. The van der Waals surface area contributed by atoms with Crippen LogP contribution in [0.2, 0.25) is 0 Å². The molecule has 1 amide bonds. The highest BCUT2D eigenvalue weighted by Gasteiger charge is 2.11. The highest BCUT2D eigenvalue weighted by molar-refractivity contribution is 5.92. The van der Waals surface area contributed by atoms with Gasteiger partial charge in [0.25, 0.3) is 0 Å². The molecule has 0 atom stereocenters. The van der Waals surface area contributed by atoms with Crippen LogP contribution in [0.4, 0.5) is 10.1 Å². The van der Waals surface area contributed by atoms with Crippen LogP contribution in [0.5, 0.6) is 5.75 Å². The van der Waals surface area contributed by atoms with Crippen LogP contribution in [0.15, 0.2) is 17.1 Å². The lowest BCUT2D eigenvalue weighted by Crippen LogP contribution is -2.29. The number of hydrogen-bond donors (Lipinski definition) is 0. The number of carbonyl (C=O) groups excluding carboxylic acids is 1. The molecule has 0 aliphatic heterocycles. The van der Waals surface area contributed by atoms with Crippen molar-refractivity contribution in [2.24, 2.45) is 4.99 Å². The first-order valence-electron chi connectivity index (χ1n) is 7.20. The average Bonchev–Trinajstić information content (AvgIpc) is 2.48. The van der Waals surface area contributed by atoms with Gasteiger partial charge < -0.3 is 9.64 Å². The number of amidine groups is 1. The van der Waals surface area contributed by atoms with Gasteiger partial charge in [-0.2, -0.15) is 0 Å². The molecule has 0 saturated heterocycles. The molecule has 116 valence electrons. The molecule has 0 heterocycles. The van der Waals surface area contributed by atoms with E-state index in [0.29, 0.717) is 24.5 Å². The Morgan fingerprint density at radius 1 is 1.43 bits per heavy atom. The Kier molecular flexibility index (Phi) is 6.85. The fraction of sp³-hybridized carbons (Fsp3) is 0.500. The molecular weight excluding hydrogens is 271 g/mol. The quantitative estimate of drug-likeness (QED) is 0.435. The van der Waals surface area contributed by atoms with E-state index in [1.54, 1.807) is 11.0 Å². The van der Waals surface area contributed by atoms with Gasteiger partial charge in [0.1, 0.15) is 5.84 Å². The summed E-state index contributed by atoms with van der Waals surface area (Å²) < 4.78 is 18.8. The molecule has 0 aliphatic rings. The number of hydrogen-bond acceptors (Lipinski definition) is 3. The first-order valence-corrected chi connectivity index (χ1v) is 7.20. The summed E-state index contributed by atoms with van der Waals surface area (Å²) in [6.45, 7) is 6.35. The van der Waals surface area contributed by atoms with Gasteiger partial charge in [-0.3, -0.25) is 4.79 Å². The number of aryl methyl sites for hydroxylation is 1. The van der Waals surface area contributed by atoms with E-state index in [0.717, 1.165) is 24.8 Å². The summed E-state index contributed by atoms with van der Waals surface area (Å²) in [5.41, 5.74) is 1.34. The molecule has 0 fully saturated rings. The summed E-state index contributed by atoms with van der Waals surface area (Å²) in [5.74, 6) is 0.414. The van der Waals surface area contributed by atoms with Crippen molar-refractivity contribution >= 4 is 17.9 Å². The predicted octanol–water partition coefficient (Wildman–Crippen LogP) is 3.84. The highest BCUT2D eigenvalue weighted by Crippen LogP contribution is 2.28. The van der Waals surface area contributed by atoms with Gasteiger partial charge >= 0.3 is 0 Å². The third kappa shape index (κ3) is 4.55. The first kappa shape index (κ1) is 17.1. The van der Waals surface area contributed by atoms with E-state index in [9.17, 15) is 9.18 Å². The molecule has 1 aromatic rings. The van der Waals surface area contributed by atoms with Crippen LogP contribution in [0.25, 0.3) is 0 Å². The molecule has 1 rings (SSSR count). The lowest BCUT2D eigenvalue weighted by atomic mass is 10.1. The van der Waals surface area contributed by atoms with Gasteiger partial charge in [-0.25, -0.2) is 9.38 Å². The largest absolute Gasteiger partial charge is 0.494 e. The monoisotopic (exact) mass is 294 g/mol. The summed E-state index contributed by atoms with van der Waals surface area (Å²) in [6.07, 6.45) is 3.39. The maximum Gasteiger partial charge on any atom is 0.215 e. The van der Waals surface area contributed by atoms with Crippen LogP contribution in [-0.2, 0) is 4.79 Å². The molecule has 5 heteroatoms. The standard InChI is InChI=1S/C16H23FN2O2/c1-5-7-8-16(19(6-2)11-20)18-14-10-13(17)15(21-4)9-12(14)3/h9-11H,5-8H2,1-4H3. The van der Waals surface area contributed by atoms with Crippen molar-refractivity contribution in [1.82, 2.24) is 4.90 Å². The van der Waals surface area contributed by atoms with E-state index in [2.05, 4.69) is 11.9 Å². The number of carbonyl (C=O) groups is 1. The van der Waals surface area contributed by atoms with Gasteiger partial charge in [0.05, 0.1) is 12.8 Å². The summed E-state index contributed by atoms with van der Waals surface area (Å²) in [7, 11) is 1.43. The van der Waals surface area contributed by atoms with Crippen LogP contribution >= 0.6 is 0 Å². The Labute approximate surface area is 125 Å². The number of rotatable bonds is 7. The summed E-state index contributed by atoms with van der Waals surface area (Å²) in [5, 5.41) is 0. The van der Waals surface area contributed by atoms with E-state index in [4.69, 9.17) is 4.74 Å². The summed E-state index contributed by atoms with van der Waals surface area (Å²) in [4.78, 5) is 17.2. The smallest absolute Gasteiger partial charge is 0.215 e. The van der Waals surface area contributed by atoms with Crippen molar-refractivity contribution < 1.29 is 13.9 Å². The van der Waals surface area contributed by atoms with Crippen LogP contribution in [0, 0.1) is 12.7 Å². The van der Waals surface area contributed by atoms with Crippen LogP contribution < -0.4 is 4.74 Å². The summed E-state index contributed by atoms with van der Waals surface area (Å²) >= 11 is 0. The second kappa shape index (κ2) is 8.39. The normalized spacial score (nSPS) is 11.4. The Morgan fingerprint density at radius 2 is 2.14 bits per heavy atom. The van der Waals surface area contributed by atoms with Crippen LogP contribution in [0.1, 0.15) is 38.7 Å². The number of unbranched alkanes of at least 4 members (excludes halogenated alkanes) is 1. The Bertz CT molecular complexity index is 515. The number of benzene rings is 1. The maximum absolute atomic E-state index is 13.8. The van der Waals surface area contributed by atoms with Crippen molar-refractivity contribution in [3.05, 3.63) is 23.5 Å². The molecule has 0 radical (unpaired) electrons. The molecular formula is C16H23FN2O2. The lowest BCUT2D eigenvalue weighted by molar-refractivity contribution is -0.114.